The highest BCUT2D eigenvalue weighted by atomic mass is 35.5. The summed E-state index contributed by atoms with van der Waals surface area (Å²) in [7, 11) is 1.24. The van der Waals surface area contributed by atoms with Crippen molar-refractivity contribution in [2.24, 2.45) is 0 Å². The summed E-state index contributed by atoms with van der Waals surface area (Å²) in [5.74, 6) is -1.95. The lowest BCUT2D eigenvalue weighted by atomic mass is 9.90. The number of aromatic nitrogens is 3. The van der Waals surface area contributed by atoms with Gasteiger partial charge in [-0.3, -0.25) is 4.79 Å². The first kappa shape index (κ1) is 13.1. The van der Waals surface area contributed by atoms with Crippen molar-refractivity contribution in [3.63, 3.8) is 0 Å². The largest absolute Gasteiger partial charge is 0.421 e. The molecule has 0 aliphatic carbocycles. The molecule has 2 N–H and O–H groups in total. The first-order valence-electron chi connectivity index (χ1n) is 10.4. The molecule has 1 atom stereocenters. The molecule has 0 saturated carbocycles. The molecule has 1 aliphatic rings. The van der Waals surface area contributed by atoms with E-state index in [1.54, 1.807) is 0 Å². The van der Waals surface area contributed by atoms with Gasteiger partial charge in [0.25, 0.3) is 0 Å². The van der Waals surface area contributed by atoms with E-state index in [0.29, 0.717) is 22.4 Å². The molecule has 0 aromatic carbocycles. The molecule has 7 nitrogen and oxygen atoms in total. The third-order valence-electron chi connectivity index (χ3n) is 3.83. The Bertz CT molecular complexity index is 1080. The first-order chi connectivity index (χ1) is 15.0. The second-order valence-corrected chi connectivity index (χ2v) is 6.94. The van der Waals surface area contributed by atoms with Crippen LogP contribution in [0.15, 0.2) is 6.20 Å². The van der Waals surface area contributed by atoms with Crippen LogP contribution in [-0.2, 0) is 16.4 Å². The topological polar surface area (TPSA) is 83.0 Å². The number of thiazole rings is 1. The Morgan fingerprint density at radius 2 is 2.22 bits per heavy atom. The number of anilines is 3. The third kappa shape index (κ3) is 3.53. The molecule has 2 aromatic heterocycles. The third-order valence-corrected chi connectivity index (χ3v) is 5.35. The van der Waals surface area contributed by atoms with Crippen LogP contribution in [0.3, 0.4) is 0 Å². The highest BCUT2D eigenvalue weighted by molar-refractivity contribution is 7.16. The molecule has 146 valence electrons. The summed E-state index contributed by atoms with van der Waals surface area (Å²) in [5.41, 5.74) is -3.35. The van der Waals surface area contributed by atoms with Crippen LogP contribution in [0.5, 0.6) is 0 Å². The Kier molecular flexibility index (Phi) is 3.30. The van der Waals surface area contributed by atoms with Crippen molar-refractivity contribution in [3.8, 4) is 0 Å². The Morgan fingerprint density at radius 3 is 2.81 bits per heavy atom. The summed E-state index contributed by atoms with van der Waals surface area (Å²) < 4.78 is 85.4. The summed E-state index contributed by atoms with van der Waals surface area (Å²) in [6.45, 7) is -6.13. The van der Waals surface area contributed by atoms with Crippen LogP contribution in [0.4, 0.5) is 29.9 Å². The molecule has 1 unspecified atom stereocenters. The Balaban J connectivity index is 2.01. The van der Waals surface area contributed by atoms with E-state index in [4.69, 9.17) is 19.8 Å². The highest BCUT2D eigenvalue weighted by Crippen LogP contribution is 2.42. The molecular formula is C15H16ClF3N6OS. The summed E-state index contributed by atoms with van der Waals surface area (Å²) in [4.78, 5) is 24.8. The molecule has 1 saturated heterocycles. The van der Waals surface area contributed by atoms with Gasteiger partial charge in [-0.1, -0.05) is 22.9 Å². The van der Waals surface area contributed by atoms with E-state index in [-0.39, 0.29) is 34.1 Å². The van der Waals surface area contributed by atoms with Crippen LogP contribution in [0, 0.1) is 0 Å². The number of carbonyl (C=O) groups is 1. The zero-order valence-electron chi connectivity index (χ0n) is 19.6. The van der Waals surface area contributed by atoms with Gasteiger partial charge in [0.2, 0.25) is 11.9 Å². The number of nitrogens with zero attached hydrogens (tertiary/aromatic N) is 4. The van der Waals surface area contributed by atoms with E-state index >= 15 is 0 Å². The van der Waals surface area contributed by atoms with E-state index in [2.05, 4.69) is 25.6 Å². The van der Waals surface area contributed by atoms with Gasteiger partial charge in [0.15, 0.2) is 5.15 Å². The molecule has 27 heavy (non-hydrogen) atoms. The lowest BCUT2D eigenvalue weighted by Gasteiger charge is -2.18. The van der Waals surface area contributed by atoms with Crippen LogP contribution in [0.25, 0.3) is 0 Å². The number of nitrogens with one attached hydrogen (secondary N) is 2. The Labute approximate surface area is 170 Å². The van der Waals surface area contributed by atoms with E-state index in [1.165, 1.54) is 7.05 Å². The monoisotopic (exact) mass is 426 g/mol. The van der Waals surface area contributed by atoms with E-state index in [0.717, 1.165) is 0 Å². The molecule has 0 radical (unpaired) electrons. The maximum atomic E-state index is 13.0. The van der Waals surface area contributed by atoms with E-state index in [9.17, 15) is 18.0 Å². The predicted octanol–water partition coefficient (Wildman–Crippen LogP) is 3.51. The van der Waals surface area contributed by atoms with Gasteiger partial charge in [-0.2, -0.15) is 18.2 Å². The number of hydrogen-bond acceptors (Lipinski definition) is 7. The molecule has 2 aromatic rings. The number of carbonyl (C=O) groups excluding carboxylic acids is 1. The number of likely N-dealkylation sites (tertiary alicyclic amines) is 1. The Hall–Kier alpha value is -2.14. The summed E-state index contributed by atoms with van der Waals surface area (Å²) in [5, 5.41) is 4.31. The highest BCUT2D eigenvalue weighted by Gasteiger charge is 2.45. The molecule has 1 aliphatic heterocycles. The van der Waals surface area contributed by atoms with Gasteiger partial charge in [-0.25, -0.2) is 9.97 Å². The van der Waals surface area contributed by atoms with Crippen molar-refractivity contribution in [1.82, 2.24) is 19.9 Å². The van der Waals surface area contributed by atoms with Crippen LogP contribution < -0.4 is 10.6 Å². The summed E-state index contributed by atoms with van der Waals surface area (Å²) in [6.07, 6.45) is -4.49. The Morgan fingerprint density at radius 1 is 1.44 bits per heavy atom. The van der Waals surface area contributed by atoms with Gasteiger partial charge in [-0.15, -0.1) is 0 Å². The quantitative estimate of drug-likeness (QED) is 0.778. The predicted molar refractivity (Wildman–Crippen MR) is 96.6 cm³/mol. The minimum Gasteiger partial charge on any atom is -0.372 e. The zero-order chi connectivity index (χ0) is 25.0. The molecule has 0 bridgehead atoms. The minimum absolute atomic E-state index is 0.0303. The lowest BCUT2D eigenvalue weighted by Crippen LogP contribution is -2.33. The van der Waals surface area contributed by atoms with E-state index < -0.39 is 42.7 Å². The van der Waals surface area contributed by atoms with Gasteiger partial charge in [0.05, 0.1) is 5.41 Å². The molecule has 3 rings (SSSR count). The molecule has 0 spiro atoms. The van der Waals surface area contributed by atoms with Crippen LogP contribution in [-0.4, -0.2) is 46.3 Å². The fourth-order valence-corrected chi connectivity index (χ4v) is 3.68. The molecule has 1 fully saturated rings. The summed E-state index contributed by atoms with van der Waals surface area (Å²) in [6, 6.07) is 0. The first-order valence-corrected chi connectivity index (χ1v) is 8.59. The second-order valence-electron chi connectivity index (χ2n) is 5.58. The average Bonchev–Trinajstić information content (AvgIpc) is 3.21. The second kappa shape index (κ2) is 6.79. The molecule has 12 heteroatoms. The lowest BCUT2D eigenvalue weighted by molar-refractivity contribution is -0.137. The van der Waals surface area contributed by atoms with Crippen molar-refractivity contribution < 1.29 is 26.2 Å². The number of rotatable bonds is 4. The number of hydrogen-bond donors (Lipinski definition) is 2. The normalized spacial score (nSPS) is 24.5. The smallest absolute Gasteiger partial charge is 0.372 e. The average molecular weight is 427 g/mol. The summed E-state index contributed by atoms with van der Waals surface area (Å²) >= 11 is 6.75. The molecular weight excluding hydrogens is 405 g/mol. The van der Waals surface area contributed by atoms with Crippen LogP contribution in [0.1, 0.15) is 32.1 Å². The molecule has 1 amide bonds. The minimum atomic E-state index is -4.70. The van der Waals surface area contributed by atoms with Gasteiger partial charge < -0.3 is 15.5 Å². The van der Waals surface area contributed by atoms with Crippen LogP contribution in [0.2, 0.25) is 5.15 Å². The van der Waals surface area contributed by atoms with Gasteiger partial charge >= 0.3 is 6.18 Å². The fourth-order valence-electron chi connectivity index (χ4n) is 2.42. The number of amides is 1. The van der Waals surface area contributed by atoms with E-state index in [1.807, 2.05) is 0 Å². The van der Waals surface area contributed by atoms with Crippen molar-refractivity contribution in [2.45, 2.75) is 24.9 Å². The number of halogens is 4. The standard InChI is InChI=1S/C15H16ClF3N6OS/c1-14(4-5-25(3)12(14)26)11-22-8(16)10(27-11)24-13-21-6-7(15(17,18)19)9(20-2)23-13/h6H,4-5H2,1-3H3,(H2,20,21,23,24)/i1D3,3D3. The van der Waals surface area contributed by atoms with Gasteiger partial charge in [0, 0.05) is 35.0 Å². The maximum absolute atomic E-state index is 13.0. The van der Waals surface area contributed by atoms with Gasteiger partial charge in [0.1, 0.15) is 21.4 Å². The zero-order valence-corrected chi connectivity index (χ0v) is 15.2. The van der Waals surface area contributed by atoms with Crippen LogP contribution >= 0.6 is 22.9 Å². The van der Waals surface area contributed by atoms with Crippen molar-refractivity contribution >= 4 is 45.6 Å². The number of likely N-dealkylation sites (N-methyl/N-ethyl adjacent to an activating group) is 1. The fraction of sp³-hybridized carbons (Fsp3) is 0.467. The SMILES string of the molecule is [2H]C([2H])([2H])N1CCC(c2nc(Cl)c(Nc3ncc(C(F)(F)F)c(NC)n3)s2)(C([2H])([2H])[2H])C1=O. The molecule has 3 heterocycles. The maximum Gasteiger partial charge on any atom is 0.421 e. The number of alkyl halides is 3. The van der Waals surface area contributed by atoms with Gasteiger partial charge in [-0.05, 0) is 13.3 Å². The van der Waals surface area contributed by atoms with Crippen molar-refractivity contribution in [2.75, 3.05) is 31.2 Å². The van der Waals surface area contributed by atoms with Crippen molar-refractivity contribution in [1.29, 1.82) is 0 Å². The van der Waals surface area contributed by atoms with Crippen molar-refractivity contribution in [3.05, 3.63) is 21.9 Å².